The standard InChI is InChI=1S/C28H27FINO6/c1-36-25(33)28(18-32)27(30,15-19-7-3-2-4-8-19)16-24(31(28)26(34)35)20-11-13-22(14-12-20)37-17-21-9-5-6-10-23(21)29/h2-14,24,32H,15-18H2,1H3,(H,34,35)/t24-,27?,28-/m1/s1. The molecule has 0 bridgehead atoms. The number of benzene rings is 3. The van der Waals surface area contributed by atoms with Gasteiger partial charge in [0.15, 0.2) is 5.54 Å². The number of likely N-dealkylation sites (tertiary alicyclic amines) is 1. The van der Waals surface area contributed by atoms with E-state index in [9.17, 15) is 24.2 Å². The summed E-state index contributed by atoms with van der Waals surface area (Å²) in [4.78, 5) is 26.9. The van der Waals surface area contributed by atoms with Crippen LogP contribution in [0.3, 0.4) is 0 Å². The summed E-state index contributed by atoms with van der Waals surface area (Å²) in [5, 5.41) is 20.9. The summed E-state index contributed by atoms with van der Waals surface area (Å²) in [6.07, 6.45) is -0.732. The van der Waals surface area contributed by atoms with Crippen LogP contribution in [-0.4, -0.2) is 49.9 Å². The third-order valence-corrected chi connectivity index (χ3v) is 8.60. The largest absolute Gasteiger partial charge is 0.489 e. The van der Waals surface area contributed by atoms with Gasteiger partial charge < -0.3 is 19.7 Å². The zero-order chi connectivity index (χ0) is 26.6. The van der Waals surface area contributed by atoms with E-state index >= 15 is 0 Å². The molecule has 3 aromatic rings. The number of carbonyl (C=O) groups excluding carboxylic acids is 1. The van der Waals surface area contributed by atoms with E-state index < -0.39 is 33.7 Å². The number of aliphatic hydroxyl groups excluding tert-OH is 1. The van der Waals surface area contributed by atoms with E-state index in [1.54, 1.807) is 42.5 Å². The third kappa shape index (κ3) is 5.02. The number of hydrogen-bond donors (Lipinski definition) is 2. The van der Waals surface area contributed by atoms with Crippen molar-refractivity contribution in [3.05, 3.63) is 101 Å². The number of hydrogen-bond acceptors (Lipinski definition) is 5. The van der Waals surface area contributed by atoms with Crippen molar-refractivity contribution in [2.75, 3.05) is 13.7 Å². The molecule has 1 amide bonds. The lowest BCUT2D eigenvalue weighted by Gasteiger charge is -2.42. The van der Waals surface area contributed by atoms with Crippen LogP contribution in [0, 0.1) is 5.82 Å². The van der Waals surface area contributed by atoms with E-state index in [1.807, 2.05) is 30.3 Å². The number of rotatable bonds is 8. The lowest BCUT2D eigenvalue weighted by atomic mass is 9.80. The number of alkyl halides is 1. The molecule has 3 atom stereocenters. The summed E-state index contributed by atoms with van der Waals surface area (Å²) >= 11 is 2.12. The topological polar surface area (TPSA) is 96.3 Å². The van der Waals surface area contributed by atoms with E-state index in [0.29, 0.717) is 23.3 Å². The molecule has 7 nitrogen and oxygen atoms in total. The van der Waals surface area contributed by atoms with Crippen molar-refractivity contribution >= 4 is 34.7 Å². The van der Waals surface area contributed by atoms with Gasteiger partial charge in [0.1, 0.15) is 18.2 Å². The van der Waals surface area contributed by atoms with Gasteiger partial charge in [-0.15, -0.1) is 0 Å². The van der Waals surface area contributed by atoms with Crippen molar-refractivity contribution in [1.82, 2.24) is 4.90 Å². The van der Waals surface area contributed by atoms with Crippen LogP contribution in [0.15, 0.2) is 78.9 Å². The van der Waals surface area contributed by atoms with E-state index in [2.05, 4.69) is 22.6 Å². The Balaban J connectivity index is 1.67. The molecule has 1 aliphatic rings. The number of ether oxygens (including phenoxy) is 2. The highest BCUT2D eigenvalue weighted by molar-refractivity contribution is 14.1. The molecule has 1 saturated heterocycles. The molecule has 0 aromatic heterocycles. The SMILES string of the molecule is COC(=O)[C@@]1(CO)N(C(=O)O)[C@@H](c2ccc(OCc3ccccc3F)cc2)CC1(I)Cc1ccccc1. The van der Waals surface area contributed by atoms with Crippen molar-refractivity contribution < 1.29 is 33.7 Å². The lowest BCUT2D eigenvalue weighted by Crippen LogP contribution is -2.65. The fraction of sp³-hybridized carbons (Fsp3) is 0.286. The van der Waals surface area contributed by atoms with Gasteiger partial charge in [0, 0.05) is 5.56 Å². The van der Waals surface area contributed by atoms with Crippen molar-refractivity contribution in [2.45, 2.75) is 34.5 Å². The quantitative estimate of drug-likeness (QED) is 0.206. The van der Waals surface area contributed by atoms with Crippen LogP contribution >= 0.6 is 22.6 Å². The number of carboxylic acid groups (broad SMARTS) is 1. The second-order valence-corrected chi connectivity index (χ2v) is 11.0. The lowest BCUT2D eigenvalue weighted by molar-refractivity contribution is -0.157. The van der Waals surface area contributed by atoms with Gasteiger partial charge in [-0.05, 0) is 42.2 Å². The first-order valence-corrected chi connectivity index (χ1v) is 12.7. The fourth-order valence-corrected chi connectivity index (χ4v) is 6.55. The molecule has 194 valence electrons. The average Bonchev–Trinajstić information content (AvgIpc) is 3.17. The predicted octanol–water partition coefficient (Wildman–Crippen LogP) is 5.15. The Kier molecular flexibility index (Phi) is 8.03. The van der Waals surface area contributed by atoms with Gasteiger partial charge in [-0.2, -0.15) is 0 Å². The molecular formula is C28H27FINO6. The van der Waals surface area contributed by atoms with Crippen LogP contribution in [0.2, 0.25) is 0 Å². The van der Waals surface area contributed by atoms with E-state index in [4.69, 9.17) is 9.47 Å². The first-order chi connectivity index (χ1) is 17.8. The van der Waals surface area contributed by atoms with E-state index in [-0.39, 0.29) is 18.8 Å². The Hall–Kier alpha value is -3.18. The summed E-state index contributed by atoms with van der Waals surface area (Å²) in [7, 11) is 1.19. The number of nitrogens with zero attached hydrogens (tertiary/aromatic N) is 1. The minimum atomic E-state index is -1.82. The van der Waals surface area contributed by atoms with Crippen LogP contribution < -0.4 is 4.74 Å². The van der Waals surface area contributed by atoms with E-state index in [0.717, 1.165) is 10.5 Å². The summed E-state index contributed by atoms with van der Waals surface area (Å²) in [6.45, 7) is -0.692. The molecular weight excluding hydrogens is 592 g/mol. The van der Waals surface area contributed by atoms with Crippen molar-refractivity contribution in [3.63, 3.8) is 0 Å². The summed E-state index contributed by atoms with van der Waals surface area (Å²) in [6, 6.07) is 21.8. The smallest absolute Gasteiger partial charge is 0.408 e. The van der Waals surface area contributed by atoms with Gasteiger partial charge in [0.25, 0.3) is 0 Å². The first kappa shape index (κ1) is 26.9. The fourth-order valence-electron chi connectivity index (χ4n) is 5.05. The van der Waals surface area contributed by atoms with Crippen molar-refractivity contribution in [3.8, 4) is 5.75 Å². The van der Waals surface area contributed by atoms with Gasteiger partial charge in [-0.25, -0.2) is 14.0 Å². The van der Waals surface area contributed by atoms with Crippen LogP contribution in [0.1, 0.15) is 29.2 Å². The van der Waals surface area contributed by atoms with Crippen LogP contribution in [0.4, 0.5) is 9.18 Å². The molecule has 9 heteroatoms. The summed E-state index contributed by atoms with van der Waals surface area (Å²) < 4.78 is 23.7. The molecule has 2 N–H and O–H groups in total. The molecule has 0 aliphatic carbocycles. The third-order valence-electron chi connectivity index (χ3n) is 6.88. The molecule has 4 rings (SSSR count). The monoisotopic (exact) mass is 619 g/mol. The van der Waals surface area contributed by atoms with Gasteiger partial charge >= 0.3 is 12.1 Å². The van der Waals surface area contributed by atoms with Gasteiger partial charge in [-0.3, -0.25) is 4.90 Å². The minimum absolute atomic E-state index is 0.0423. The maximum Gasteiger partial charge on any atom is 0.408 e. The average molecular weight is 619 g/mol. The molecule has 0 saturated carbocycles. The van der Waals surface area contributed by atoms with Crippen LogP contribution in [0.5, 0.6) is 5.75 Å². The maximum absolute atomic E-state index is 13.9. The Morgan fingerprint density at radius 1 is 1.05 bits per heavy atom. The first-order valence-electron chi connectivity index (χ1n) is 11.7. The van der Waals surface area contributed by atoms with Gasteiger partial charge in [-0.1, -0.05) is 83.3 Å². The Labute approximate surface area is 228 Å². The number of halogens is 2. The molecule has 1 unspecified atom stereocenters. The number of methoxy groups -OCH3 is 1. The molecule has 0 radical (unpaired) electrons. The van der Waals surface area contributed by atoms with Gasteiger partial charge in [0.2, 0.25) is 0 Å². The summed E-state index contributed by atoms with van der Waals surface area (Å²) in [5.41, 5.74) is 0.130. The predicted molar refractivity (Wildman–Crippen MR) is 143 cm³/mol. The molecule has 1 heterocycles. The van der Waals surface area contributed by atoms with Crippen molar-refractivity contribution in [2.24, 2.45) is 0 Å². The highest BCUT2D eigenvalue weighted by atomic mass is 127. The van der Waals surface area contributed by atoms with Crippen LogP contribution in [0.25, 0.3) is 0 Å². The second kappa shape index (κ2) is 11.1. The van der Waals surface area contributed by atoms with Crippen molar-refractivity contribution in [1.29, 1.82) is 0 Å². The van der Waals surface area contributed by atoms with E-state index in [1.165, 1.54) is 13.2 Å². The van der Waals surface area contributed by atoms with Gasteiger partial charge in [0.05, 0.1) is 23.2 Å². The number of amides is 1. The number of esters is 1. The summed E-state index contributed by atoms with van der Waals surface area (Å²) in [5.74, 6) is -0.685. The Morgan fingerprint density at radius 3 is 2.30 bits per heavy atom. The Morgan fingerprint density at radius 2 is 1.70 bits per heavy atom. The molecule has 0 spiro atoms. The van der Waals surface area contributed by atoms with Crippen LogP contribution in [-0.2, 0) is 22.6 Å². The Bertz CT molecular complexity index is 1260. The molecule has 3 aromatic carbocycles. The molecule has 37 heavy (non-hydrogen) atoms. The molecule has 1 fully saturated rings. The number of aliphatic hydroxyl groups is 1. The normalized spacial score (nSPS) is 23.0. The second-order valence-electron chi connectivity index (χ2n) is 8.96. The number of carbonyl (C=O) groups is 2. The highest BCUT2D eigenvalue weighted by Gasteiger charge is 2.68. The molecule has 1 aliphatic heterocycles. The maximum atomic E-state index is 13.9. The minimum Gasteiger partial charge on any atom is -0.489 e. The highest BCUT2D eigenvalue weighted by Crippen LogP contribution is 2.56. The zero-order valence-electron chi connectivity index (χ0n) is 20.1. The zero-order valence-corrected chi connectivity index (χ0v) is 22.3.